The average Bonchev–Trinajstić information content (AvgIpc) is 3.28. The predicted molar refractivity (Wildman–Crippen MR) is 138 cm³/mol. The summed E-state index contributed by atoms with van der Waals surface area (Å²) >= 11 is 1.36. The first-order chi connectivity index (χ1) is 16.5. The van der Waals surface area contributed by atoms with E-state index < -0.39 is 0 Å². The number of benzene rings is 3. The molecule has 0 radical (unpaired) electrons. The summed E-state index contributed by atoms with van der Waals surface area (Å²) in [5.41, 5.74) is 4.89. The minimum Gasteiger partial charge on any atom is -0.497 e. The maximum Gasteiger partial charge on any atom is 0.234 e. The van der Waals surface area contributed by atoms with Crippen LogP contribution in [0.4, 0.5) is 5.69 Å². The number of carbonyl (C=O) groups is 1. The van der Waals surface area contributed by atoms with Gasteiger partial charge in [0.15, 0.2) is 11.0 Å². The Morgan fingerprint density at radius 3 is 2.53 bits per heavy atom. The molecule has 0 fully saturated rings. The largest absolute Gasteiger partial charge is 0.497 e. The van der Waals surface area contributed by atoms with E-state index in [-0.39, 0.29) is 11.7 Å². The second-order valence-corrected chi connectivity index (χ2v) is 9.18. The fourth-order valence-electron chi connectivity index (χ4n) is 3.77. The number of carbonyl (C=O) groups excluding carboxylic acids is 1. The van der Waals surface area contributed by atoms with Gasteiger partial charge in [0, 0.05) is 16.9 Å². The van der Waals surface area contributed by atoms with E-state index in [1.165, 1.54) is 11.8 Å². The molecule has 0 bridgehead atoms. The maximum absolute atomic E-state index is 12.9. The van der Waals surface area contributed by atoms with Gasteiger partial charge in [-0.25, -0.2) is 0 Å². The van der Waals surface area contributed by atoms with Gasteiger partial charge in [0.2, 0.25) is 5.91 Å². The molecular formula is C27H28N4O2S. The van der Waals surface area contributed by atoms with Crippen molar-refractivity contribution in [1.82, 2.24) is 14.8 Å². The van der Waals surface area contributed by atoms with Gasteiger partial charge in [0.1, 0.15) is 5.75 Å². The Morgan fingerprint density at radius 2 is 1.79 bits per heavy atom. The Labute approximate surface area is 204 Å². The van der Waals surface area contributed by atoms with Crippen LogP contribution in [0, 0.1) is 6.92 Å². The summed E-state index contributed by atoms with van der Waals surface area (Å²) in [5.74, 6) is 1.89. The van der Waals surface area contributed by atoms with Crippen molar-refractivity contribution in [2.24, 2.45) is 0 Å². The van der Waals surface area contributed by atoms with Gasteiger partial charge in [-0.2, -0.15) is 0 Å². The zero-order valence-corrected chi connectivity index (χ0v) is 20.6. The van der Waals surface area contributed by atoms with Crippen molar-refractivity contribution in [3.8, 4) is 22.8 Å². The number of ether oxygens (including phenoxy) is 1. The van der Waals surface area contributed by atoms with Crippen molar-refractivity contribution in [3.63, 3.8) is 0 Å². The standard InChI is InChI=1S/C27H28N4O2S/c1-18(2)23-15-8-10-19(3)25(23)28-24(32)17-34-27-30-29-26(20-11-9-14-22(16-20)33-4)31(27)21-12-6-5-7-13-21/h5-16,18H,17H2,1-4H3,(H,28,32). The molecular weight excluding hydrogens is 444 g/mol. The lowest BCUT2D eigenvalue weighted by Crippen LogP contribution is -2.17. The summed E-state index contributed by atoms with van der Waals surface area (Å²) in [6, 6.07) is 23.7. The first kappa shape index (κ1) is 23.6. The number of para-hydroxylation sites is 2. The minimum atomic E-state index is -0.0771. The molecule has 1 aromatic heterocycles. The molecule has 0 saturated carbocycles. The van der Waals surface area contributed by atoms with E-state index in [4.69, 9.17) is 4.74 Å². The molecule has 7 heteroatoms. The van der Waals surface area contributed by atoms with Crippen LogP contribution in [0.2, 0.25) is 0 Å². The van der Waals surface area contributed by atoms with Gasteiger partial charge >= 0.3 is 0 Å². The highest BCUT2D eigenvalue weighted by Crippen LogP contribution is 2.31. The van der Waals surface area contributed by atoms with Crippen molar-refractivity contribution < 1.29 is 9.53 Å². The van der Waals surface area contributed by atoms with Crippen molar-refractivity contribution >= 4 is 23.4 Å². The molecule has 6 nitrogen and oxygen atoms in total. The zero-order valence-electron chi connectivity index (χ0n) is 19.8. The highest BCUT2D eigenvalue weighted by molar-refractivity contribution is 7.99. The molecule has 34 heavy (non-hydrogen) atoms. The lowest BCUT2D eigenvalue weighted by atomic mass is 9.98. The van der Waals surface area contributed by atoms with Crippen LogP contribution in [0.25, 0.3) is 17.1 Å². The number of methoxy groups -OCH3 is 1. The summed E-state index contributed by atoms with van der Waals surface area (Å²) in [4.78, 5) is 12.9. The molecule has 0 aliphatic carbocycles. The first-order valence-corrected chi connectivity index (χ1v) is 12.1. The van der Waals surface area contributed by atoms with Crippen LogP contribution in [0.5, 0.6) is 5.75 Å². The third-order valence-electron chi connectivity index (χ3n) is 5.50. The third-order valence-corrected chi connectivity index (χ3v) is 6.43. The van der Waals surface area contributed by atoms with Gasteiger partial charge in [0.05, 0.1) is 12.9 Å². The SMILES string of the molecule is COc1cccc(-c2nnc(SCC(=O)Nc3c(C)cccc3C(C)C)n2-c2ccccc2)c1. The van der Waals surface area contributed by atoms with E-state index in [0.29, 0.717) is 16.9 Å². The Balaban J connectivity index is 1.61. The van der Waals surface area contributed by atoms with Crippen molar-refractivity contribution in [2.75, 3.05) is 18.2 Å². The number of hydrogen-bond donors (Lipinski definition) is 1. The van der Waals surface area contributed by atoms with Gasteiger partial charge in [-0.05, 0) is 48.2 Å². The third kappa shape index (κ3) is 5.15. The van der Waals surface area contributed by atoms with E-state index in [1.54, 1.807) is 7.11 Å². The molecule has 0 unspecified atom stereocenters. The lowest BCUT2D eigenvalue weighted by molar-refractivity contribution is -0.113. The number of aromatic nitrogens is 3. The van der Waals surface area contributed by atoms with E-state index >= 15 is 0 Å². The van der Waals surface area contributed by atoms with Gasteiger partial charge in [-0.15, -0.1) is 10.2 Å². The van der Waals surface area contributed by atoms with Crippen LogP contribution in [0.15, 0.2) is 78.0 Å². The number of thioether (sulfide) groups is 1. The minimum absolute atomic E-state index is 0.0771. The Kier molecular flexibility index (Phi) is 7.33. The number of hydrogen-bond acceptors (Lipinski definition) is 5. The average molecular weight is 473 g/mol. The van der Waals surface area contributed by atoms with E-state index in [0.717, 1.165) is 33.8 Å². The smallest absolute Gasteiger partial charge is 0.234 e. The van der Waals surface area contributed by atoms with E-state index in [9.17, 15) is 4.79 Å². The van der Waals surface area contributed by atoms with E-state index in [2.05, 4.69) is 35.4 Å². The molecule has 4 aromatic rings. The molecule has 0 spiro atoms. The molecule has 0 atom stereocenters. The molecule has 4 rings (SSSR count). The van der Waals surface area contributed by atoms with E-state index in [1.807, 2.05) is 78.2 Å². The zero-order chi connectivity index (χ0) is 24.1. The quantitative estimate of drug-likeness (QED) is 0.314. The second-order valence-electron chi connectivity index (χ2n) is 8.24. The number of nitrogens with zero attached hydrogens (tertiary/aromatic N) is 3. The summed E-state index contributed by atoms with van der Waals surface area (Å²) in [7, 11) is 1.64. The number of nitrogens with one attached hydrogen (secondary N) is 1. The Hall–Kier alpha value is -3.58. The van der Waals surface area contributed by atoms with Crippen molar-refractivity contribution in [1.29, 1.82) is 0 Å². The van der Waals surface area contributed by atoms with Gasteiger partial charge < -0.3 is 10.1 Å². The van der Waals surface area contributed by atoms with Crippen molar-refractivity contribution in [3.05, 3.63) is 83.9 Å². The molecule has 1 amide bonds. The monoisotopic (exact) mass is 472 g/mol. The normalized spacial score (nSPS) is 11.0. The maximum atomic E-state index is 12.9. The summed E-state index contributed by atoms with van der Waals surface area (Å²) in [6.07, 6.45) is 0. The van der Waals surface area contributed by atoms with Gasteiger partial charge in [-0.3, -0.25) is 9.36 Å². The lowest BCUT2D eigenvalue weighted by Gasteiger charge is -2.16. The summed E-state index contributed by atoms with van der Waals surface area (Å²) < 4.78 is 7.36. The number of anilines is 1. The fraction of sp³-hybridized carbons (Fsp3) is 0.222. The topological polar surface area (TPSA) is 69.0 Å². The second kappa shape index (κ2) is 10.6. The van der Waals surface area contributed by atoms with Gasteiger partial charge in [-0.1, -0.05) is 74.1 Å². The summed E-state index contributed by atoms with van der Waals surface area (Å²) in [6.45, 7) is 6.27. The van der Waals surface area contributed by atoms with Crippen LogP contribution in [0.1, 0.15) is 30.9 Å². The molecule has 0 aliphatic rings. The van der Waals surface area contributed by atoms with Crippen LogP contribution < -0.4 is 10.1 Å². The number of amides is 1. The van der Waals surface area contributed by atoms with Crippen molar-refractivity contribution in [2.45, 2.75) is 31.8 Å². The number of rotatable bonds is 8. The molecule has 1 N–H and O–H groups in total. The highest BCUT2D eigenvalue weighted by atomic mass is 32.2. The first-order valence-electron chi connectivity index (χ1n) is 11.2. The molecule has 0 saturated heterocycles. The van der Waals surface area contributed by atoms with Crippen LogP contribution in [-0.2, 0) is 4.79 Å². The van der Waals surface area contributed by atoms with Crippen LogP contribution in [-0.4, -0.2) is 33.5 Å². The Morgan fingerprint density at radius 1 is 1.03 bits per heavy atom. The molecule has 174 valence electrons. The number of aryl methyl sites for hydroxylation is 1. The molecule has 1 heterocycles. The predicted octanol–water partition coefficient (Wildman–Crippen LogP) is 6.11. The Bertz CT molecular complexity index is 1290. The van der Waals surface area contributed by atoms with Crippen LogP contribution in [0.3, 0.4) is 0 Å². The highest BCUT2D eigenvalue weighted by Gasteiger charge is 2.18. The van der Waals surface area contributed by atoms with Crippen LogP contribution >= 0.6 is 11.8 Å². The fourth-order valence-corrected chi connectivity index (χ4v) is 4.52. The van der Waals surface area contributed by atoms with Gasteiger partial charge in [0.25, 0.3) is 0 Å². The summed E-state index contributed by atoms with van der Waals surface area (Å²) in [5, 5.41) is 12.6. The molecule has 3 aromatic carbocycles. The molecule has 0 aliphatic heterocycles.